The molecule has 0 saturated carbocycles. The van der Waals surface area contributed by atoms with Gasteiger partial charge in [-0.25, -0.2) is 4.98 Å². The predicted molar refractivity (Wildman–Crippen MR) is 61.5 cm³/mol. The summed E-state index contributed by atoms with van der Waals surface area (Å²) in [7, 11) is 0. The van der Waals surface area contributed by atoms with Gasteiger partial charge in [0.25, 0.3) is 0 Å². The van der Waals surface area contributed by atoms with E-state index in [9.17, 15) is 20.0 Å². The number of H-pyrrole nitrogens is 1. The van der Waals surface area contributed by atoms with Crippen LogP contribution >= 0.6 is 0 Å². The van der Waals surface area contributed by atoms with Crippen LogP contribution in [0, 0.1) is 10.1 Å². The van der Waals surface area contributed by atoms with Crippen LogP contribution < -0.4 is 0 Å². The molecule has 4 atom stereocenters. The molecule has 0 unspecified atom stereocenters. The van der Waals surface area contributed by atoms with E-state index in [1.807, 2.05) is 0 Å². The topological polar surface area (TPSA) is 148 Å². The summed E-state index contributed by atoms with van der Waals surface area (Å²) >= 11 is 0. The monoisotopic (exact) mass is 287 g/mol. The molecule has 1 aromatic rings. The first-order chi connectivity index (χ1) is 9.43. The molecule has 3 N–H and O–H groups in total. The largest absolute Gasteiger partial charge is 0.456 e. The molecular formula is C10H13N3O7. The summed E-state index contributed by atoms with van der Waals surface area (Å²) in [6, 6.07) is 0. The Kier molecular flexibility index (Phi) is 3.97. The molecule has 1 saturated heterocycles. The Labute approximate surface area is 112 Å². The van der Waals surface area contributed by atoms with E-state index in [1.165, 1.54) is 6.20 Å². The zero-order valence-corrected chi connectivity index (χ0v) is 10.4. The maximum absolute atomic E-state index is 11.0. The first kappa shape index (κ1) is 14.4. The van der Waals surface area contributed by atoms with Crippen LogP contribution in [0.15, 0.2) is 6.20 Å². The Balaban J connectivity index is 2.26. The number of carbonyl (C=O) groups is 1. The third-order valence-corrected chi connectivity index (χ3v) is 2.87. The van der Waals surface area contributed by atoms with Crippen molar-refractivity contribution in [3.8, 4) is 0 Å². The Bertz CT molecular complexity index is 517. The van der Waals surface area contributed by atoms with Gasteiger partial charge in [-0.05, 0) is 4.92 Å². The molecule has 0 radical (unpaired) electrons. The summed E-state index contributed by atoms with van der Waals surface area (Å²) in [5.74, 6) is -1.14. The molecule has 1 aromatic heterocycles. The van der Waals surface area contributed by atoms with Gasteiger partial charge in [0.2, 0.25) is 0 Å². The molecule has 20 heavy (non-hydrogen) atoms. The minimum absolute atomic E-state index is 0.109. The SMILES string of the molecule is CC(=O)O[C@H]1[C@H](O)[C@@H](CO)O[C@H]1c1c[nH]c([N+](=O)[O-])n1. The molecule has 0 spiro atoms. The van der Waals surface area contributed by atoms with E-state index in [2.05, 4.69) is 9.97 Å². The molecule has 10 heteroatoms. The quantitative estimate of drug-likeness (QED) is 0.364. The third kappa shape index (κ3) is 2.61. The van der Waals surface area contributed by atoms with Crippen LogP contribution in [0.5, 0.6) is 0 Å². The Morgan fingerprint density at radius 3 is 2.90 bits per heavy atom. The number of aromatic amines is 1. The number of ether oxygens (including phenoxy) is 2. The van der Waals surface area contributed by atoms with Crippen molar-refractivity contribution in [2.45, 2.75) is 31.3 Å². The average molecular weight is 287 g/mol. The third-order valence-electron chi connectivity index (χ3n) is 2.87. The lowest BCUT2D eigenvalue weighted by Gasteiger charge is -2.17. The van der Waals surface area contributed by atoms with Crippen LogP contribution in [0.4, 0.5) is 5.95 Å². The summed E-state index contributed by atoms with van der Waals surface area (Å²) in [5, 5.41) is 29.6. The first-order valence-corrected chi connectivity index (χ1v) is 5.75. The van der Waals surface area contributed by atoms with Crippen molar-refractivity contribution in [1.82, 2.24) is 9.97 Å². The van der Waals surface area contributed by atoms with E-state index in [0.717, 1.165) is 6.92 Å². The number of hydrogen-bond acceptors (Lipinski definition) is 8. The zero-order valence-electron chi connectivity index (χ0n) is 10.4. The molecule has 1 fully saturated rings. The lowest BCUT2D eigenvalue weighted by atomic mass is 10.1. The highest BCUT2D eigenvalue weighted by Gasteiger charge is 2.48. The maximum Gasteiger partial charge on any atom is 0.432 e. The molecule has 1 aliphatic rings. The average Bonchev–Trinajstić information content (AvgIpc) is 2.96. The highest BCUT2D eigenvalue weighted by molar-refractivity contribution is 5.66. The van der Waals surface area contributed by atoms with E-state index < -0.39 is 47.9 Å². The van der Waals surface area contributed by atoms with Crippen molar-refractivity contribution in [3.05, 3.63) is 22.0 Å². The number of aliphatic hydroxyl groups excluding tert-OH is 2. The van der Waals surface area contributed by atoms with Gasteiger partial charge < -0.3 is 29.8 Å². The van der Waals surface area contributed by atoms with Crippen LogP contribution in [-0.2, 0) is 14.3 Å². The molecular weight excluding hydrogens is 274 g/mol. The highest BCUT2D eigenvalue weighted by Crippen LogP contribution is 2.35. The number of esters is 1. The van der Waals surface area contributed by atoms with Crippen LogP contribution in [0.3, 0.4) is 0 Å². The normalized spacial score (nSPS) is 29.4. The number of imidazole rings is 1. The van der Waals surface area contributed by atoms with Crippen LogP contribution in [0.25, 0.3) is 0 Å². The van der Waals surface area contributed by atoms with Crippen LogP contribution in [-0.4, -0.2) is 56.0 Å². The molecule has 1 aliphatic heterocycles. The lowest BCUT2D eigenvalue weighted by molar-refractivity contribution is -0.393. The van der Waals surface area contributed by atoms with Gasteiger partial charge in [0, 0.05) is 6.92 Å². The van der Waals surface area contributed by atoms with E-state index in [1.54, 1.807) is 0 Å². The van der Waals surface area contributed by atoms with Crippen LogP contribution in [0.2, 0.25) is 0 Å². The van der Waals surface area contributed by atoms with Crippen molar-refractivity contribution in [2.75, 3.05) is 6.61 Å². The fraction of sp³-hybridized carbons (Fsp3) is 0.600. The van der Waals surface area contributed by atoms with Gasteiger partial charge in [-0.1, -0.05) is 4.98 Å². The fourth-order valence-corrected chi connectivity index (χ4v) is 2.01. The van der Waals surface area contributed by atoms with Crippen molar-refractivity contribution in [3.63, 3.8) is 0 Å². The minimum atomic E-state index is -1.25. The van der Waals surface area contributed by atoms with Gasteiger partial charge in [-0.2, -0.15) is 0 Å². The van der Waals surface area contributed by atoms with Gasteiger partial charge in [0.05, 0.1) is 6.61 Å². The van der Waals surface area contributed by atoms with Gasteiger partial charge >= 0.3 is 11.9 Å². The first-order valence-electron chi connectivity index (χ1n) is 5.75. The van der Waals surface area contributed by atoms with E-state index >= 15 is 0 Å². The number of rotatable bonds is 4. The Hall–Kier alpha value is -2.04. The van der Waals surface area contributed by atoms with Crippen molar-refractivity contribution < 1.29 is 29.4 Å². The Morgan fingerprint density at radius 2 is 2.40 bits per heavy atom. The molecule has 10 nitrogen and oxygen atoms in total. The number of nitro groups is 1. The lowest BCUT2D eigenvalue weighted by Crippen LogP contribution is -2.35. The Morgan fingerprint density at radius 1 is 1.70 bits per heavy atom. The van der Waals surface area contributed by atoms with Gasteiger partial charge in [0.1, 0.15) is 18.4 Å². The van der Waals surface area contributed by atoms with Crippen molar-refractivity contribution in [2.24, 2.45) is 0 Å². The molecule has 2 heterocycles. The second-order valence-electron chi connectivity index (χ2n) is 4.25. The minimum Gasteiger partial charge on any atom is -0.456 e. The summed E-state index contributed by atoms with van der Waals surface area (Å²) in [6.45, 7) is 0.672. The fourth-order valence-electron chi connectivity index (χ4n) is 2.01. The van der Waals surface area contributed by atoms with E-state index in [0.29, 0.717) is 0 Å². The molecule has 0 bridgehead atoms. The molecule has 0 aromatic carbocycles. The van der Waals surface area contributed by atoms with Gasteiger partial charge in [-0.3, -0.25) is 4.79 Å². The maximum atomic E-state index is 11.0. The predicted octanol–water partition coefficient (Wildman–Crippen LogP) is -0.957. The zero-order chi connectivity index (χ0) is 14.9. The number of nitrogens with zero attached hydrogens (tertiary/aromatic N) is 2. The van der Waals surface area contributed by atoms with E-state index in [4.69, 9.17) is 14.6 Å². The van der Waals surface area contributed by atoms with Gasteiger partial charge in [-0.15, -0.1) is 0 Å². The summed E-state index contributed by atoms with van der Waals surface area (Å²) in [4.78, 5) is 26.9. The second kappa shape index (κ2) is 5.53. The van der Waals surface area contributed by atoms with Crippen LogP contribution in [0.1, 0.15) is 18.7 Å². The van der Waals surface area contributed by atoms with Gasteiger partial charge in [0.15, 0.2) is 17.9 Å². The molecule has 110 valence electrons. The van der Waals surface area contributed by atoms with Crippen molar-refractivity contribution >= 4 is 11.9 Å². The smallest absolute Gasteiger partial charge is 0.432 e. The summed E-state index contributed by atoms with van der Waals surface area (Å²) < 4.78 is 10.3. The molecule has 2 rings (SSSR count). The number of aliphatic hydroxyl groups is 2. The number of nitrogens with one attached hydrogen (secondary N) is 1. The summed E-state index contributed by atoms with van der Waals surface area (Å²) in [5.41, 5.74) is 0.109. The highest BCUT2D eigenvalue weighted by atomic mass is 16.6. The molecule has 0 aliphatic carbocycles. The number of hydrogen-bond donors (Lipinski definition) is 3. The standard InChI is InChI=1S/C10H13N3O7/c1-4(15)19-9-7(16)6(3-14)20-8(9)5-2-11-10(12-5)13(17)18/h2,6-9,14,16H,3H2,1H3,(H,11,12)/t6-,7-,8+,9+/m1/s1. The number of aromatic nitrogens is 2. The van der Waals surface area contributed by atoms with E-state index in [-0.39, 0.29) is 5.69 Å². The second-order valence-corrected chi connectivity index (χ2v) is 4.25. The molecule has 0 amide bonds. The summed E-state index contributed by atoms with van der Waals surface area (Å²) in [6.07, 6.45) is -3.06. The number of carbonyl (C=O) groups excluding carboxylic acids is 1. The van der Waals surface area contributed by atoms with Crippen molar-refractivity contribution in [1.29, 1.82) is 0 Å².